The van der Waals surface area contributed by atoms with E-state index in [1.165, 1.54) is 0 Å². The SMILES string of the molecule is Cc1nc2c(cnn2C(C)C)cc1C(=O)NC(C)(CO)C1CC1. The summed E-state index contributed by atoms with van der Waals surface area (Å²) >= 11 is 0. The van der Waals surface area contributed by atoms with Crippen LogP contribution in [0.2, 0.25) is 0 Å². The number of aryl methyl sites for hydroxylation is 1. The Morgan fingerprint density at radius 3 is 2.78 bits per heavy atom. The first-order valence-corrected chi connectivity index (χ1v) is 8.14. The third-order valence-electron chi connectivity index (χ3n) is 4.70. The van der Waals surface area contributed by atoms with Gasteiger partial charge in [0.15, 0.2) is 5.65 Å². The van der Waals surface area contributed by atoms with Crippen LogP contribution in [0.1, 0.15) is 55.7 Å². The number of aliphatic hydroxyl groups is 1. The summed E-state index contributed by atoms with van der Waals surface area (Å²) in [6.07, 6.45) is 3.84. The number of pyridine rings is 1. The first-order valence-electron chi connectivity index (χ1n) is 8.14. The van der Waals surface area contributed by atoms with Gasteiger partial charge in [-0.2, -0.15) is 5.10 Å². The molecule has 0 radical (unpaired) electrons. The molecule has 0 aliphatic heterocycles. The average Bonchev–Trinajstić information content (AvgIpc) is 3.27. The van der Waals surface area contributed by atoms with E-state index in [0.29, 0.717) is 17.2 Å². The molecule has 6 heteroatoms. The second-order valence-electron chi connectivity index (χ2n) is 7.02. The number of carbonyl (C=O) groups excluding carboxylic acids is 1. The van der Waals surface area contributed by atoms with E-state index in [-0.39, 0.29) is 18.6 Å². The quantitative estimate of drug-likeness (QED) is 0.886. The summed E-state index contributed by atoms with van der Waals surface area (Å²) in [6, 6.07) is 2.05. The number of carbonyl (C=O) groups is 1. The van der Waals surface area contributed by atoms with Crippen LogP contribution in [0.25, 0.3) is 11.0 Å². The largest absolute Gasteiger partial charge is 0.394 e. The lowest BCUT2D eigenvalue weighted by molar-refractivity contribution is 0.0823. The molecule has 1 aliphatic rings. The van der Waals surface area contributed by atoms with E-state index in [1.54, 1.807) is 6.20 Å². The van der Waals surface area contributed by atoms with Crippen LogP contribution >= 0.6 is 0 Å². The Balaban J connectivity index is 1.93. The van der Waals surface area contributed by atoms with Gasteiger partial charge in [0.25, 0.3) is 5.91 Å². The zero-order chi connectivity index (χ0) is 16.8. The number of amides is 1. The molecule has 2 N–H and O–H groups in total. The number of nitrogens with zero attached hydrogens (tertiary/aromatic N) is 3. The molecule has 1 atom stereocenters. The summed E-state index contributed by atoms with van der Waals surface area (Å²) < 4.78 is 1.85. The molecule has 3 rings (SSSR count). The number of fused-ring (bicyclic) bond motifs is 1. The van der Waals surface area contributed by atoms with Crippen molar-refractivity contribution >= 4 is 16.9 Å². The standard InChI is InChI=1S/C17H24N4O2/c1-10(2)21-15-12(8-18-21)7-14(11(3)19-15)16(23)20-17(4,9-22)13-5-6-13/h7-8,10,13,22H,5-6,9H2,1-4H3,(H,20,23). The van der Waals surface area contributed by atoms with Crippen LogP contribution in [-0.2, 0) is 0 Å². The van der Waals surface area contributed by atoms with E-state index in [4.69, 9.17) is 0 Å². The normalized spacial score (nSPS) is 17.5. The molecular formula is C17H24N4O2. The van der Waals surface area contributed by atoms with Crippen LogP contribution in [0.15, 0.2) is 12.3 Å². The van der Waals surface area contributed by atoms with Crippen molar-refractivity contribution in [3.05, 3.63) is 23.5 Å². The van der Waals surface area contributed by atoms with Gasteiger partial charge in [-0.3, -0.25) is 4.79 Å². The van der Waals surface area contributed by atoms with Gasteiger partial charge in [-0.15, -0.1) is 0 Å². The van der Waals surface area contributed by atoms with E-state index in [9.17, 15) is 9.90 Å². The van der Waals surface area contributed by atoms with Crippen LogP contribution in [-0.4, -0.2) is 37.9 Å². The molecule has 1 unspecified atom stereocenters. The molecule has 0 spiro atoms. The second-order valence-corrected chi connectivity index (χ2v) is 7.02. The highest BCUT2D eigenvalue weighted by atomic mass is 16.3. The molecule has 1 aliphatic carbocycles. The van der Waals surface area contributed by atoms with Gasteiger partial charge in [0.1, 0.15) is 0 Å². The topological polar surface area (TPSA) is 80.0 Å². The van der Waals surface area contributed by atoms with Crippen molar-refractivity contribution in [1.82, 2.24) is 20.1 Å². The maximum Gasteiger partial charge on any atom is 0.253 e. The van der Waals surface area contributed by atoms with Gasteiger partial charge in [0.2, 0.25) is 0 Å². The molecule has 2 heterocycles. The predicted octanol–water partition coefficient (Wildman–Crippen LogP) is 2.21. The third kappa shape index (κ3) is 2.83. The molecule has 0 aromatic carbocycles. The summed E-state index contributed by atoms with van der Waals surface area (Å²) in [6.45, 7) is 7.78. The molecule has 2 aromatic heterocycles. The first kappa shape index (κ1) is 15.9. The van der Waals surface area contributed by atoms with Crippen molar-refractivity contribution < 1.29 is 9.90 Å². The van der Waals surface area contributed by atoms with Crippen LogP contribution in [0.3, 0.4) is 0 Å². The zero-order valence-electron chi connectivity index (χ0n) is 14.1. The van der Waals surface area contributed by atoms with Crippen molar-refractivity contribution in [2.24, 2.45) is 5.92 Å². The van der Waals surface area contributed by atoms with Gasteiger partial charge < -0.3 is 10.4 Å². The van der Waals surface area contributed by atoms with Crippen LogP contribution in [0.4, 0.5) is 0 Å². The van der Waals surface area contributed by atoms with Crippen molar-refractivity contribution in [3.8, 4) is 0 Å². The van der Waals surface area contributed by atoms with Gasteiger partial charge in [-0.05, 0) is 52.5 Å². The Morgan fingerprint density at radius 1 is 1.52 bits per heavy atom. The smallest absolute Gasteiger partial charge is 0.253 e. The van der Waals surface area contributed by atoms with E-state index >= 15 is 0 Å². The molecule has 6 nitrogen and oxygen atoms in total. The first-order chi connectivity index (χ1) is 10.9. The van der Waals surface area contributed by atoms with Crippen molar-refractivity contribution in [1.29, 1.82) is 0 Å². The number of hydrogen-bond acceptors (Lipinski definition) is 4. The second kappa shape index (κ2) is 5.60. The molecule has 0 saturated heterocycles. The minimum atomic E-state index is -0.555. The molecule has 1 amide bonds. The van der Waals surface area contributed by atoms with E-state index < -0.39 is 5.54 Å². The summed E-state index contributed by atoms with van der Waals surface area (Å²) in [5.41, 5.74) is 1.46. The van der Waals surface area contributed by atoms with Crippen LogP contribution in [0, 0.1) is 12.8 Å². The van der Waals surface area contributed by atoms with Crippen molar-refractivity contribution in [3.63, 3.8) is 0 Å². The molecule has 23 heavy (non-hydrogen) atoms. The third-order valence-corrected chi connectivity index (χ3v) is 4.70. The van der Waals surface area contributed by atoms with Crippen molar-refractivity contribution in [2.75, 3.05) is 6.61 Å². The fourth-order valence-electron chi connectivity index (χ4n) is 2.99. The summed E-state index contributed by atoms with van der Waals surface area (Å²) in [5.74, 6) is 0.176. The maximum absolute atomic E-state index is 12.7. The summed E-state index contributed by atoms with van der Waals surface area (Å²) in [4.78, 5) is 17.2. The van der Waals surface area contributed by atoms with Gasteiger partial charge >= 0.3 is 0 Å². The van der Waals surface area contributed by atoms with Crippen LogP contribution in [0.5, 0.6) is 0 Å². The lowest BCUT2D eigenvalue weighted by Crippen LogP contribution is -2.50. The number of nitrogens with one attached hydrogen (secondary N) is 1. The summed E-state index contributed by atoms with van der Waals surface area (Å²) in [5, 5.41) is 17.9. The lowest BCUT2D eigenvalue weighted by Gasteiger charge is -2.29. The fourth-order valence-corrected chi connectivity index (χ4v) is 2.99. The Bertz CT molecular complexity index is 748. The molecule has 1 fully saturated rings. The highest BCUT2D eigenvalue weighted by Crippen LogP contribution is 2.39. The monoisotopic (exact) mass is 316 g/mol. The fraction of sp³-hybridized carbons (Fsp3) is 0.588. The predicted molar refractivity (Wildman–Crippen MR) is 88.3 cm³/mol. The Hall–Kier alpha value is -1.95. The number of hydrogen-bond donors (Lipinski definition) is 2. The number of rotatable bonds is 5. The highest BCUT2D eigenvalue weighted by molar-refractivity contribution is 5.98. The lowest BCUT2D eigenvalue weighted by atomic mass is 9.96. The molecule has 0 bridgehead atoms. The van der Waals surface area contributed by atoms with E-state index in [0.717, 1.165) is 23.9 Å². The molecule has 1 saturated carbocycles. The Labute approximate surface area is 135 Å². The van der Waals surface area contributed by atoms with Crippen molar-refractivity contribution in [2.45, 2.75) is 52.1 Å². The molecular weight excluding hydrogens is 292 g/mol. The molecule has 2 aromatic rings. The van der Waals surface area contributed by atoms with Gasteiger partial charge in [0.05, 0.1) is 29.6 Å². The van der Waals surface area contributed by atoms with Gasteiger partial charge in [-0.1, -0.05) is 0 Å². The minimum absolute atomic E-state index is 0.0522. The zero-order valence-corrected chi connectivity index (χ0v) is 14.1. The van der Waals surface area contributed by atoms with Crippen LogP contribution < -0.4 is 5.32 Å². The van der Waals surface area contributed by atoms with Gasteiger partial charge in [0, 0.05) is 11.4 Å². The summed E-state index contributed by atoms with van der Waals surface area (Å²) in [7, 11) is 0. The number of aliphatic hydroxyl groups excluding tert-OH is 1. The highest BCUT2D eigenvalue weighted by Gasteiger charge is 2.42. The number of aromatic nitrogens is 3. The Morgan fingerprint density at radius 2 is 2.22 bits per heavy atom. The average molecular weight is 316 g/mol. The minimum Gasteiger partial charge on any atom is -0.394 e. The van der Waals surface area contributed by atoms with E-state index in [2.05, 4.69) is 15.4 Å². The maximum atomic E-state index is 12.7. The molecule has 124 valence electrons. The Kier molecular flexibility index (Phi) is 3.88. The van der Waals surface area contributed by atoms with E-state index in [1.807, 2.05) is 38.4 Å². The van der Waals surface area contributed by atoms with Gasteiger partial charge in [-0.25, -0.2) is 9.67 Å².